The minimum atomic E-state index is -2.29. The summed E-state index contributed by atoms with van der Waals surface area (Å²) in [6.45, 7) is 2.26. The van der Waals surface area contributed by atoms with Gasteiger partial charge >= 0.3 is 8.03 Å². The highest BCUT2D eigenvalue weighted by Gasteiger charge is 2.16. The van der Waals surface area contributed by atoms with Crippen molar-refractivity contribution in [3.8, 4) is 0 Å². The van der Waals surface area contributed by atoms with Crippen molar-refractivity contribution < 1.29 is 14.2 Å². The molecule has 2 aromatic heterocycles. The standard InChI is InChI=1S/C9H13N6O3P/c1-6(18-5-19(16)17)2-15-4-13-7-8(14-10)11-3-12-9(7)15/h3-4,6H,2,5,10H2,1H3,(H-,11,12,14,16,17)/p+1/t6-/m1/s1. The summed E-state index contributed by atoms with van der Waals surface area (Å²) in [5.74, 6) is 5.77. The van der Waals surface area contributed by atoms with Crippen LogP contribution in [0.25, 0.3) is 11.2 Å². The highest BCUT2D eigenvalue weighted by Crippen LogP contribution is 2.18. The van der Waals surface area contributed by atoms with Crippen molar-refractivity contribution in [3.05, 3.63) is 12.7 Å². The lowest BCUT2D eigenvalue weighted by Crippen LogP contribution is -2.16. The van der Waals surface area contributed by atoms with E-state index in [-0.39, 0.29) is 12.5 Å². The van der Waals surface area contributed by atoms with Crippen molar-refractivity contribution in [1.82, 2.24) is 19.5 Å². The fourth-order valence-corrected chi connectivity index (χ4v) is 2.02. The quantitative estimate of drug-likeness (QED) is 0.390. The van der Waals surface area contributed by atoms with Crippen LogP contribution in [-0.2, 0) is 15.8 Å². The molecule has 0 saturated heterocycles. The first kappa shape index (κ1) is 13.8. The molecule has 0 radical (unpaired) electrons. The van der Waals surface area contributed by atoms with Crippen LogP contribution in [0.5, 0.6) is 0 Å². The lowest BCUT2D eigenvalue weighted by molar-refractivity contribution is 0.0847. The molecule has 0 aliphatic rings. The summed E-state index contributed by atoms with van der Waals surface area (Å²) in [5, 5.41) is 0. The summed E-state index contributed by atoms with van der Waals surface area (Å²) in [6.07, 6.45) is 2.55. The van der Waals surface area contributed by atoms with Gasteiger partial charge in [0.25, 0.3) is 6.35 Å². The maximum absolute atomic E-state index is 10.6. The van der Waals surface area contributed by atoms with E-state index in [4.69, 9.17) is 15.5 Å². The molecule has 0 bridgehead atoms. The van der Waals surface area contributed by atoms with Crippen molar-refractivity contribution >= 4 is 25.0 Å². The molecule has 1 unspecified atom stereocenters. The van der Waals surface area contributed by atoms with Crippen LogP contribution in [0.3, 0.4) is 0 Å². The number of anilines is 1. The van der Waals surface area contributed by atoms with E-state index in [9.17, 15) is 4.57 Å². The van der Waals surface area contributed by atoms with Gasteiger partial charge in [-0.05, 0) is 11.5 Å². The first-order chi connectivity index (χ1) is 9.11. The second-order valence-electron chi connectivity index (χ2n) is 3.89. The Labute approximate surface area is 109 Å². The molecule has 2 heterocycles. The number of nitrogen functional groups attached to an aromatic ring is 1. The summed E-state index contributed by atoms with van der Waals surface area (Å²) in [6, 6.07) is 0. The summed E-state index contributed by atoms with van der Waals surface area (Å²) in [4.78, 5) is 20.9. The van der Waals surface area contributed by atoms with Gasteiger partial charge in [-0.25, -0.2) is 20.8 Å². The summed E-state index contributed by atoms with van der Waals surface area (Å²) in [5.41, 5.74) is 3.62. The Bertz CT molecular complexity index is 588. The smallest absolute Gasteiger partial charge is 0.330 e. The molecule has 0 amide bonds. The van der Waals surface area contributed by atoms with Crippen LogP contribution in [0.1, 0.15) is 6.92 Å². The van der Waals surface area contributed by atoms with Crippen LogP contribution in [0.2, 0.25) is 0 Å². The van der Waals surface area contributed by atoms with Gasteiger partial charge in [0.05, 0.1) is 19.0 Å². The average molecular weight is 285 g/mol. The maximum Gasteiger partial charge on any atom is 0.534 e. The van der Waals surface area contributed by atoms with Gasteiger partial charge in [0, 0.05) is 0 Å². The molecule has 10 heteroatoms. The third-order valence-electron chi connectivity index (χ3n) is 2.46. The van der Waals surface area contributed by atoms with Crippen molar-refractivity contribution in [2.45, 2.75) is 19.6 Å². The van der Waals surface area contributed by atoms with Gasteiger partial charge in [0.15, 0.2) is 17.0 Å². The molecule has 0 aliphatic heterocycles. The van der Waals surface area contributed by atoms with Gasteiger partial charge in [-0.15, -0.1) is 0 Å². The SMILES string of the molecule is C[C@H](Cn1cnc2c(NN)ncnc21)OC[P+](=O)O. The molecule has 2 atom stereocenters. The second-order valence-corrected chi connectivity index (χ2v) is 4.86. The number of fused-ring (bicyclic) bond motifs is 1. The lowest BCUT2D eigenvalue weighted by Gasteiger charge is -2.10. The fraction of sp³-hybridized carbons (Fsp3) is 0.444. The van der Waals surface area contributed by atoms with E-state index >= 15 is 0 Å². The number of nitrogens with zero attached hydrogens (tertiary/aromatic N) is 4. The molecule has 2 aromatic rings. The highest BCUT2D eigenvalue weighted by atomic mass is 31.1. The zero-order valence-corrected chi connectivity index (χ0v) is 11.1. The molecule has 0 saturated carbocycles. The Morgan fingerprint density at radius 1 is 1.58 bits per heavy atom. The molecule has 19 heavy (non-hydrogen) atoms. The Morgan fingerprint density at radius 2 is 2.37 bits per heavy atom. The zero-order valence-electron chi connectivity index (χ0n) is 10.2. The maximum atomic E-state index is 10.6. The van der Waals surface area contributed by atoms with Crippen LogP contribution in [0.15, 0.2) is 12.7 Å². The molecule has 2 rings (SSSR count). The van der Waals surface area contributed by atoms with Gasteiger partial charge in [-0.2, -0.15) is 4.89 Å². The van der Waals surface area contributed by atoms with Crippen LogP contribution >= 0.6 is 8.03 Å². The van der Waals surface area contributed by atoms with Crippen LogP contribution < -0.4 is 11.3 Å². The average Bonchev–Trinajstić information content (AvgIpc) is 2.79. The number of imidazole rings is 1. The third kappa shape index (κ3) is 3.21. The molecule has 102 valence electrons. The van der Waals surface area contributed by atoms with E-state index < -0.39 is 8.03 Å². The Kier molecular flexibility index (Phi) is 4.33. The number of hydrogen-bond donors (Lipinski definition) is 3. The third-order valence-corrected chi connectivity index (χ3v) is 2.83. The predicted molar refractivity (Wildman–Crippen MR) is 68.4 cm³/mol. The van der Waals surface area contributed by atoms with Crippen molar-refractivity contribution in [1.29, 1.82) is 0 Å². The first-order valence-corrected chi connectivity index (χ1v) is 6.89. The molecule has 0 aliphatic carbocycles. The zero-order chi connectivity index (χ0) is 13.8. The Balaban J connectivity index is 2.15. The van der Waals surface area contributed by atoms with E-state index in [0.717, 1.165) is 0 Å². The van der Waals surface area contributed by atoms with Crippen LogP contribution in [-0.4, -0.2) is 36.9 Å². The number of hydrogen-bond acceptors (Lipinski definition) is 7. The first-order valence-electron chi connectivity index (χ1n) is 5.49. The molecule has 0 fully saturated rings. The van der Waals surface area contributed by atoms with Gasteiger partial charge in [-0.3, -0.25) is 0 Å². The number of hydrazine groups is 1. The summed E-state index contributed by atoms with van der Waals surface area (Å²) >= 11 is 0. The molecule has 4 N–H and O–H groups in total. The largest absolute Gasteiger partial charge is 0.534 e. The number of nitrogens with two attached hydrogens (primary N) is 1. The Morgan fingerprint density at radius 3 is 3.05 bits per heavy atom. The fourth-order valence-electron chi connectivity index (χ4n) is 1.64. The predicted octanol–water partition coefficient (Wildman–Crippen LogP) is 0.209. The molecule has 0 aromatic carbocycles. The summed E-state index contributed by atoms with van der Waals surface area (Å²) in [7, 11) is -2.29. The van der Waals surface area contributed by atoms with E-state index in [1.807, 2.05) is 0 Å². The highest BCUT2D eigenvalue weighted by molar-refractivity contribution is 7.37. The summed E-state index contributed by atoms with van der Waals surface area (Å²) < 4.78 is 17.6. The van der Waals surface area contributed by atoms with E-state index in [1.165, 1.54) is 6.33 Å². The van der Waals surface area contributed by atoms with E-state index in [1.54, 1.807) is 17.8 Å². The number of ether oxygens (including phenoxy) is 1. The minimum Gasteiger partial charge on any atom is -0.330 e. The van der Waals surface area contributed by atoms with Crippen molar-refractivity contribution in [3.63, 3.8) is 0 Å². The number of aromatic nitrogens is 4. The van der Waals surface area contributed by atoms with Crippen molar-refractivity contribution in [2.75, 3.05) is 11.8 Å². The second kappa shape index (κ2) is 5.98. The Hall–Kier alpha value is -1.67. The van der Waals surface area contributed by atoms with Gasteiger partial charge in [-0.1, -0.05) is 0 Å². The van der Waals surface area contributed by atoms with Gasteiger partial charge in [0.2, 0.25) is 0 Å². The molecule has 0 spiro atoms. The van der Waals surface area contributed by atoms with Crippen LogP contribution in [0.4, 0.5) is 5.82 Å². The molecule has 9 nitrogen and oxygen atoms in total. The van der Waals surface area contributed by atoms with E-state index in [2.05, 4.69) is 20.4 Å². The molecular formula is C9H14N6O3P+. The molecular weight excluding hydrogens is 271 g/mol. The monoisotopic (exact) mass is 285 g/mol. The number of nitrogens with one attached hydrogen (secondary N) is 1. The van der Waals surface area contributed by atoms with Gasteiger partial charge < -0.3 is 14.7 Å². The van der Waals surface area contributed by atoms with Crippen molar-refractivity contribution in [2.24, 2.45) is 5.84 Å². The topological polar surface area (TPSA) is 128 Å². The number of rotatable bonds is 6. The van der Waals surface area contributed by atoms with E-state index in [0.29, 0.717) is 23.5 Å². The lowest BCUT2D eigenvalue weighted by atomic mass is 10.4. The van der Waals surface area contributed by atoms with Gasteiger partial charge in [0.1, 0.15) is 6.33 Å². The normalized spacial score (nSPS) is 13.5. The minimum absolute atomic E-state index is 0.187. The van der Waals surface area contributed by atoms with Crippen LogP contribution in [0, 0.1) is 0 Å².